The van der Waals surface area contributed by atoms with E-state index >= 15 is 0 Å². The van der Waals surface area contributed by atoms with Crippen molar-refractivity contribution in [3.8, 4) is 0 Å². The summed E-state index contributed by atoms with van der Waals surface area (Å²) in [4.78, 5) is 20.6. The fraction of sp³-hybridized carbons (Fsp3) is 0.375. The number of nitrogens with one attached hydrogen (secondary N) is 1. The van der Waals surface area contributed by atoms with Crippen molar-refractivity contribution in [3.05, 3.63) is 46.4 Å². The highest BCUT2D eigenvalue weighted by molar-refractivity contribution is 7.13. The molecule has 1 aromatic carbocycles. The highest BCUT2D eigenvalue weighted by Gasteiger charge is 2.28. The molecule has 1 amide bonds. The van der Waals surface area contributed by atoms with Gasteiger partial charge in [-0.15, -0.1) is 11.3 Å². The first-order valence-corrected chi connectivity index (χ1v) is 8.78. The quantitative estimate of drug-likeness (QED) is 0.920. The number of likely N-dealkylation sites (N-methyl/N-ethyl adjacent to an activating group) is 1. The van der Waals surface area contributed by atoms with Crippen molar-refractivity contribution in [3.63, 3.8) is 0 Å². The Morgan fingerprint density at radius 1 is 1.52 bits per heavy atom. The maximum atomic E-state index is 12.6. The van der Waals surface area contributed by atoms with E-state index in [1.807, 2.05) is 29.6 Å². The molecule has 2 aromatic rings. The van der Waals surface area contributed by atoms with Crippen LogP contribution >= 0.6 is 22.9 Å². The van der Waals surface area contributed by atoms with Gasteiger partial charge in [-0.25, -0.2) is 4.98 Å². The van der Waals surface area contributed by atoms with Crippen LogP contribution in [0.5, 0.6) is 0 Å². The Labute approximate surface area is 144 Å². The second kappa shape index (κ2) is 7.40. The van der Waals surface area contributed by atoms with Gasteiger partial charge in [0.2, 0.25) is 5.91 Å². The molecule has 0 radical (unpaired) electrons. The van der Waals surface area contributed by atoms with E-state index in [0.29, 0.717) is 6.54 Å². The number of carbonyl (C=O) groups excluding carboxylic acids is 1. The van der Waals surface area contributed by atoms with Gasteiger partial charge in [-0.3, -0.25) is 14.6 Å². The molecular formula is C16H19ClN4OS. The topological polar surface area (TPSA) is 48.5 Å². The molecule has 1 atom stereocenters. The van der Waals surface area contributed by atoms with Crippen molar-refractivity contribution < 1.29 is 4.79 Å². The van der Waals surface area contributed by atoms with Gasteiger partial charge < -0.3 is 5.32 Å². The van der Waals surface area contributed by atoms with Gasteiger partial charge in [0, 0.05) is 49.3 Å². The zero-order valence-electron chi connectivity index (χ0n) is 12.9. The highest BCUT2D eigenvalue weighted by Crippen LogP contribution is 2.28. The maximum absolute atomic E-state index is 12.6. The van der Waals surface area contributed by atoms with Crippen molar-refractivity contribution >= 4 is 34.0 Å². The lowest BCUT2D eigenvalue weighted by atomic mass is 10.0. The Morgan fingerprint density at radius 3 is 3.09 bits per heavy atom. The third-order valence-electron chi connectivity index (χ3n) is 4.04. The number of amides is 1. The Kier molecular flexibility index (Phi) is 5.27. The average Bonchev–Trinajstić information content (AvgIpc) is 3.10. The minimum Gasteiger partial charge on any atom is -0.314 e. The summed E-state index contributed by atoms with van der Waals surface area (Å²) in [6.07, 6.45) is 1.71. The third-order valence-corrected chi connectivity index (χ3v) is 5.23. The summed E-state index contributed by atoms with van der Waals surface area (Å²) < 4.78 is 0. The molecule has 1 saturated heterocycles. The van der Waals surface area contributed by atoms with Gasteiger partial charge in [-0.05, 0) is 11.6 Å². The van der Waals surface area contributed by atoms with Crippen LogP contribution in [0.25, 0.3) is 0 Å². The van der Waals surface area contributed by atoms with E-state index < -0.39 is 0 Å². The number of anilines is 1. The Hall–Kier alpha value is -1.47. The maximum Gasteiger partial charge on any atom is 0.242 e. The summed E-state index contributed by atoms with van der Waals surface area (Å²) in [6.45, 7) is 2.83. The molecule has 0 bridgehead atoms. The van der Waals surface area contributed by atoms with Gasteiger partial charge in [0.05, 0.1) is 6.54 Å². The molecule has 0 saturated carbocycles. The molecule has 1 fully saturated rings. The van der Waals surface area contributed by atoms with E-state index in [9.17, 15) is 4.79 Å². The van der Waals surface area contributed by atoms with Crippen molar-refractivity contribution in [1.29, 1.82) is 0 Å². The number of hydrogen-bond acceptors (Lipinski definition) is 5. The molecule has 1 N–H and O–H groups in total. The van der Waals surface area contributed by atoms with E-state index in [1.165, 1.54) is 11.3 Å². The summed E-state index contributed by atoms with van der Waals surface area (Å²) in [7, 11) is 1.77. The lowest BCUT2D eigenvalue weighted by Crippen LogP contribution is -2.49. The van der Waals surface area contributed by atoms with Crippen molar-refractivity contribution in [2.24, 2.45) is 0 Å². The molecular weight excluding hydrogens is 332 g/mol. The van der Waals surface area contributed by atoms with Crippen LogP contribution in [0.4, 0.5) is 5.13 Å². The van der Waals surface area contributed by atoms with Crippen LogP contribution in [0.2, 0.25) is 5.02 Å². The Bertz CT molecular complexity index is 664. The van der Waals surface area contributed by atoms with Crippen LogP contribution < -0.4 is 10.2 Å². The SMILES string of the molecule is CN(C(=O)CN1CCNCC1c1ccccc1Cl)c1nccs1. The first-order chi connectivity index (χ1) is 11.2. The summed E-state index contributed by atoms with van der Waals surface area (Å²) in [6, 6.07) is 7.94. The summed E-state index contributed by atoms with van der Waals surface area (Å²) in [5.74, 6) is 0.0407. The molecule has 1 aliphatic heterocycles. The lowest BCUT2D eigenvalue weighted by molar-refractivity contribution is -0.120. The lowest BCUT2D eigenvalue weighted by Gasteiger charge is -2.37. The molecule has 122 valence electrons. The molecule has 0 spiro atoms. The number of benzene rings is 1. The normalized spacial score (nSPS) is 18.8. The van der Waals surface area contributed by atoms with Gasteiger partial charge >= 0.3 is 0 Å². The summed E-state index contributed by atoms with van der Waals surface area (Å²) >= 11 is 7.81. The van der Waals surface area contributed by atoms with Gasteiger partial charge in [-0.1, -0.05) is 29.8 Å². The number of piperazine rings is 1. The van der Waals surface area contributed by atoms with Crippen LogP contribution in [0.3, 0.4) is 0 Å². The zero-order chi connectivity index (χ0) is 16.2. The summed E-state index contributed by atoms with van der Waals surface area (Å²) in [5.41, 5.74) is 1.06. The number of carbonyl (C=O) groups is 1. The Morgan fingerprint density at radius 2 is 2.35 bits per heavy atom. The van der Waals surface area contributed by atoms with Crippen LogP contribution in [-0.2, 0) is 4.79 Å². The van der Waals surface area contributed by atoms with E-state index in [4.69, 9.17) is 11.6 Å². The molecule has 7 heteroatoms. The van der Waals surface area contributed by atoms with Crippen molar-refractivity contribution in [1.82, 2.24) is 15.2 Å². The van der Waals surface area contributed by atoms with Gasteiger partial charge in [-0.2, -0.15) is 0 Å². The van der Waals surface area contributed by atoms with Gasteiger partial charge in [0.1, 0.15) is 0 Å². The largest absolute Gasteiger partial charge is 0.314 e. The predicted molar refractivity (Wildman–Crippen MR) is 94.2 cm³/mol. The molecule has 1 aliphatic rings. The standard InChI is InChI=1S/C16H19ClN4OS/c1-20(16-19-7-9-23-16)15(22)11-21-8-6-18-10-14(21)12-4-2-3-5-13(12)17/h2-5,7,9,14,18H,6,8,10-11H2,1H3. The number of hydrogen-bond donors (Lipinski definition) is 1. The molecule has 2 heterocycles. The minimum absolute atomic E-state index is 0.0407. The number of aromatic nitrogens is 1. The van der Waals surface area contributed by atoms with E-state index in [1.54, 1.807) is 18.1 Å². The molecule has 23 heavy (non-hydrogen) atoms. The first kappa shape index (κ1) is 16.4. The number of thiazole rings is 1. The van der Waals surface area contributed by atoms with E-state index in [0.717, 1.165) is 35.4 Å². The smallest absolute Gasteiger partial charge is 0.242 e. The van der Waals surface area contributed by atoms with Gasteiger partial charge in [0.15, 0.2) is 5.13 Å². The number of halogens is 1. The fourth-order valence-corrected chi connectivity index (χ4v) is 3.64. The van der Waals surface area contributed by atoms with Crippen molar-refractivity contribution in [2.45, 2.75) is 6.04 Å². The van der Waals surface area contributed by atoms with E-state index in [2.05, 4.69) is 15.2 Å². The molecule has 3 rings (SSSR count). The van der Waals surface area contributed by atoms with Crippen LogP contribution in [-0.4, -0.2) is 49.0 Å². The fourth-order valence-electron chi connectivity index (χ4n) is 2.76. The molecule has 1 aromatic heterocycles. The Balaban J connectivity index is 1.74. The van der Waals surface area contributed by atoms with E-state index in [-0.39, 0.29) is 11.9 Å². The third kappa shape index (κ3) is 3.72. The van der Waals surface area contributed by atoms with Crippen LogP contribution in [0.15, 0.2) is 35.8 Å². The number of nitrogens with zero attached hydrogens (tertiary/aromatic N) is 3. The highest BCUT2D eigenvalue weighted by atomic mass is 35.5. The van der Waals surface area contributed by atoms with Crippen LogP contribution in [0.1, 0.15) is 11.6 Å². The molecule has 1 unspecified atom stereocenters. The molecule has 5 nitrogen and oxygen atoms in total. The zero-order valence-corrected chi connectivity index (χ0v) is 14.5. The van der Waals surface area contributed by atoms with Crippen LogP contribution in [0, 0.1) is 0 Å². The second-order valence-electron chi connectivity index (χ2n) is 5.48. The minimum atomic E-state index is 0.0407. The molecule has 0 aliphatic carbocycles. The van der Waals surface area contributed by atoms with Gasteiger partial charge in [0.25, 0.3) is 0 Å². The predicted octanol–water partition coefficient (Wildman–Crippen LogP) is 2.41. The monoisotopic (exact) mass is 350 g/mol. The van der Waals surface area contributed by atoms with Crippen molar-refractivity contribution in [2.75, 3.05) is 38.1 Å². The average molecular weight is 351 g/mol. The second-order valence-corrected chi connectivity index (χ2v) is 6.76. The number of rotatable bonds is 4. The first-order valence-electron chi connectivity index (χ1n) is 7.52. The summed E-state index contributed by atoms with van der Waals surface area (Å²) in [5, 5.41) is 6.72.